The van der Waals surface area contributed by atoms with Gasteiger partial charge in [-0.1, -0.05) is 6.92 Å². The van der Waals surface area contributed by atoms with E-state index in [-0.39, 0.29) is 12.1 Å². The van der Waals surface area contributed by atoms with E-state index in [9.17, 15) is 0 Å². The van der Waals surface area contributed by atoms with Gasteiger partial charge >= 0.3 is 0 Å². The van der Waals surface area contributed by atoms with E-state index in [0.717, 1.165) is 18.8 Å². The minimum absolute atomic E-state index is 0.168. The molecule has 2 atom stereocenters. The topological polar surface area (TPSA) is 47.0 Å². The van der Waals surface area contributed by atoms with Crippen molar-refractivity contribution in [2.24, 2.45) is 5.92 Å². The number of likely N-dealkylation sites (N-methyl/N-ethyl adjacent to an activating group) is 1. The van der Waals surface area contributed by atoms with E-state index in [4.69, 9.17) is 4.74 Å². The third kappa shape index (κ3) is 3.23. The first kappa shape index (κ1) is 12.5. The molecule has 0 bridgehead atoms. The van der Waals surface area contributed by atoms with Gasteiger partial charge in [0.25, 0.3) is 0 Å². The summed E-state index contributed by atoms with van der Waals surface area (Å²) in [6.45, 7) is 5.83. The van der Waals surface area contributed by atoms with Crippen LogP contribution in [0.3, 0.4) is 0 Å². The van der Waals surface area contributed by atoms with Crippen LogP contribution in [-0.2, 0) is 4.74 Å². The first-order valence-electron chi connectivity index (χ1n) is 6.47. The van der Waals surface area contributed by atoms with Gasteiger partial charge in [-0.05, 0) is 32.2 Å². The summed E-state index contributed by atoms with van der Waals surface area (Å²) in [6, 6.07) is 0.168. The highest BCUT2D eigenvalue weighted by Crippen LogP contribution is 2.39. The second-order valence-corrected chi connectivity index (χ2v) is 4.42. The Morgan fingerprint density at radius 1 is 1.41 bits per heavy atom. The number of nitrogens with zero attached hydrogens (tertiary/aromatic N) is 2. The lowest BCUT2D eigenvalue weighted by atomic mass is 10.0. The highest BCUT2D eigenvalue weighted by molar-refractivity contribution is 5.07. The molecule has 0 aliphatic heterocycles. The van der Waals surface area contributed by atoms with Crippen molar-refractivity contribution in [3.8, 4) is 0 Å². The Hall–Kier alpha value is -1.00. The molecule has 4 nitrogen and oxygen atoms in total. The molecule has 0 radical (unpaired) electrons. The van der Waals surface area contributed by atoms with E-state index >= 15 is 0 Å². The maximum Gasteiger partial charge on any atom is 0.0813 e. The van der Waals surface area contributed by atoms with Gasteiger partial charge in [0.2, 0.25) is 0 Å². The smallest absolute Gasteiger partial charge is 0.0813 e. The molecule has 1 aliphatic carbocycles. The molecule has 0 spiro atoms. The van der Waals surface area contributed by atoms with Gasteiger partial charge in [-0.15, -0.1) is 0 Å². The molecule has 0 amide bonds. The summed E-state index contributed by atoms with van der Waals surface area (Å²) in [5.41, 5.74) is 0.986. The zero-order valence-electron chi connectivity index (χ0n) is 10.6. The van der Waals surface area contributed by atoms with Crippen LogP contribution in [0.5, 0.6) is 0 Å². The van der Waals surface area contributed by atoms with Crippen LogP contribution < -0.4 is 5.32 Å². The SMILES string of the molecule is CCNC(c1cnccn1)C(OCC)C1CC1. The molecule has 17 heavy (non-hydrogen) atoms. The van der Waals surface area contributed by atoms with Gasteiger partial charge in [-0.3, -0.25) is 9.97 Å². The lowest BCUT2D eigenvalue weighted by molar-refractivity contribution is 0.0178. The van der Waals surface area contributed by atoms with Gasteiger partial charge in [-0.25, -0.2) is 0 Å². The Balaban J connectivity index is 2.14. The van der Waals surface area contributed by atoms with Crippen LogP contribution in [0, 0.1) is 5.92 Å². The van der Waals surface area contributed by atoms with Crippen molar-refractivity contribution in [1.29, 1.82) is 0 Å². The predicted molar refractivity (Wildman–Crippen MR) is 66.6 cm³/mol. The molecule has 1 saturated carbocycles. The summed E-state index contributed by atoms with van der Waals surface area (Å²) in [4.78, 5) is 8.56. The van der Waals surface area contributed by atoms with Gasteiger partial charge in [0.05, 0.1) is 24.0 Å². The minimum atomic E-state index is 0.168. The molecular formula is C13H21N3O. The van der Waals surface area contributed by atoms with Gasteiger partial charge in [0, 0.05) is 19.0 Å². The second-order valence-electron chi connectivity index (χ2n) is 4.42. The van der Waals surface area contributed by atoms with Crippen molar-refractivity contribution >= 4 is 0 Å². The molecular weight excluding hydrogens is 214 g/mol. The van der Waals surface area contributed by atoms with E-state index in [0.29, 0.717) is 5.92 Å². The largest absolute Gasteiger partial charge is 0.376 e. The third-order valence-corrected chi connectivity index (χ3v) is 3.10. The zero-order chi connectivity index (χ0) is 12.1. The van der Waals surface area contributed by atoms with Crippen molar-refractivity contribution in [1.82, 2.24) is 15.3 Å². The fourth-order valence-corrected chi connectivity index (χ4v) is 2.20. The molecule has 2 rings (SSSR count). The lowest BCUT2D eigenvalue weighted by Crippen LogP contribution is -2.36. The maximum absolute atomic E-state index is 5.90. The van der Waals surface area contributed by atoms with Crippen LogP contribution in [0.25, 0.3) is 0 Å². The normalized spacial score (nSPS) is 18.9. The lowest BCUT2D eigenvalue weighted by Gasteiger charge is -2.27. The van der Waals surface area contributed by atoms with Crippen LogP contribution in [0.15, 0.2) is 18.6 Å². The molecule has 1 fully saturated rings. The molecule has 0 saturated heterocycles. The number of aromatic nitrogens is 2. The molecule has 1 aromatic heterocycles. The number of nitrogens with one attached hydrogen (secondary N) is 1. The quantitative estimate of drug-likeness (QED) is 0.784. The van der Waals surface area contributed by atoms with E-state index in [2.05, 4.69) is 29.1 Å². The Morgan fingerprint density at radius 2 is 2.24 bits per heavy atom. The molecule has 1 N–H and O–H groups in total. The maximum atomic E-state index is 5.90. The Morgan fingerprint density at radius 3 is 2.76 bits per heavy atom. The van der Waals surface area contributed by atoms with Gasteiger partial charge < -0.3 is 10.1 Å². The number of hydrogen-bond acceptors (Lipinski definition) is 4. The first-order valence-corrected chi connectivity index (χ1v) is 6.47. The monoisotopic (exact) mass is 235 g/mol. The predicted octanol–water partition coefficient (Wildman–Crippen LogP) is 1.94. The minimum Gasteiger partial charge on any atom is -0.376 e. The number of rotatable bonds is 7. The van der Waals surface area contributed by atoms with Crippen LogP contribution >= 0.6 is 0 Å². The van der Waals surface area contributed by atoms with Crippen molar-refractivity contribution in [3.05, 3.63) is 24.3 Å². The first-order chi connectivity index (χ1) is 8.36. The van der Waals surface area contributed by atoms with Crippen molar-refractivity contribution in [2.75, 3.05) is 13.2 Å². The van der Waals surface area contributed by atoms with E-state index < -0.39 is 0 Å². The summed E-state index contributed by atoms with van der Waals surface area (Å²) in [5, 5.41) is 3.48. The molecule has 1 aliphatic rings. The fourth-order valence-electron chi connectivity index (χ4n) is 2.20. The standard InChI is InChI=1S/C13H21N3O/c1-3-15-12(11-9-14-7-8-16-11)13(17-4-2)10-5-6-10/h7-10,12-13,15H,3-6H2,1-2H3. The molecule has 1 aromatic rings. The van der Waals surface area contributed by atoms with E-state index in [1.54, 1.807) is 12.4 Å². The van der Waals surface area contributed by atoms with Gasteiger partial charge in [0.1, 0.15) is 0 Å². The van der Waals surface area contributed by atoms with Gasteiger partial charge in [-0.2, -0.15) is 0 Å². The highest BCUT2D eigenvalue weighted by Gasteiger charge is 2.38. The molecule has 94 valence electrons. The van der Waals surface area contributed by atoms with E-state index in [1.807, 2.05) is 6.20 Å². The number of hydrogen-bond donors (Lipinski definition) is 1. The van der Waals surface area contributed by atoms with Crippen LogP contribution in [0.2, 0.25) is 0 Å². The zero-order valence-corrected chi connectivity index (χ0v) is 10.6. The summed E-state index contributed by atoms with van der Waals surface area (Å²) in [7, 11) is 0. The average molecular weight is 235 g/mol. The summed E-state index contributed by atoms with van der Waals surface area (Å²) in [6.07, 6.45) is 8.06. The van der Waals surface area contributed by atoms with Crippen molar-refractivity contribution in [3.63, 3.8) is 0 Å². The molecule has 0 aromatic carbocycles. The van der Waals surface area contributed by atoms with Crippen LogP contribution in [-0.4, -0.2) is 29.2 Å². The van der Waals surface area contributed by atoms with Crippen LogP contribution in [0.1, 0.15) is 38.4 Å². The second kappa shape index (κ2) is 6.07. The summed E-state index contributed by atoms with van der Waals surface area (Å²) >= 11 is 0. The number of ether oxygens (including phenoxy) is 1. The van der Waals surface area contributed by atoms with Gasteiger partial charge in [0.15, 0.2) is 0 Å². The fraction of sp³-hybridized carbons (Fsp3) is 0.692. The Kier molecular flexibility index (Phi) is 4.45. The van der Waals surface area contributed by atoms with Crippen molar-refractivity contribution < 1.29 is 4.74 Å². The Labute approximate surface area is 103 Å². The average Bonchev–Trinajstić information content (AvgIpc) is 3.19. The van der Waals surface area contributed by atoms with E-state index in [1.165, 1.54) is 12.8 Å². The van der Waals surface area contributed by atoms with Crippen molar-refractivity contribution in [2.45, 2.75) is 38.8 Å². The summed E-state index contributed by atoms with van der Waals surface area (Å²) < 4.78 is 5.90. The Bertz CT molecular complexity index is 327. The van der Waals surface area contributed by atoms with Crippen LogP contribution in [0.4, 0.5) is 0 Å². The summed E-state index contributed by atoms with van der Waals surface area (Å²) in [5.74, 6) is 0.681. The molecule has 2 unspecified atom stereocenters. The third-order valence-electron chi connectivity index (χ3n) is 3.10. The highest BCUT2D eigenvalue weighted by atomic mass is 16.5. The molecule has 4 heteroatoms. The molecule has 1 heterocycles.